The van der Waals surface area contributed by atoms with Crippen LogP contribution in [0.5, 0.6) is 0 Å². The van der Waals surface area contributed by atoms with E-state index in [-0.39, 0.29) is 16.9 Å². The Balaban J connectivity index is 1.47. The Morgan fingerprint density at radius 2 is 1.77 bits per heavy atom. The summed E-state index contributed by atoms with van der Waals surface area (Å²) in [5, 5.41) is 3.22. The normalized spacial score (nSPS) is 11.3. The number of fused-ring (bicyclic) bond motifs is 1. The van der Waals surface area contributed by atoms with Gasteiger partial charge in [-0.25, -0.2) is 15.0 Å². The molecule has 0 aliphatic heterocycles. The van der Waals surface area contributed by atoms with Gasteiger partial charge < -0.3 is 20.2 Å². The van der Waals surface area contributed by atoms with Crippen molar-refractivity contribution < 1.29 is 18.0 Å². The van der Waals surface area contributed by atoms with Crippen molar-refractivity contribution in [2.24, 2.45) is 7.05 Å². The molecule has 1 amide bonds. The van der Waals surface area contributed by atoms with Crippen LogP contribution < -0.4 is 11.1 Å². The van der Waals surface area contributed by atoms with Crippen LogP contribution >= 0.6 is 0 Å². The molecule has 11 heteroatoms. The molecule has 0 unspecified atom stereocenters. The number of amides is 1. The molecular weight excluding hydrogens is 507 g/mol. The number of nitrogens with one attached hydrogen (secondary N) is 1. The molecule has 39 heavy (non-hydrogen) atoms. The molecule has 0 bridgehead atoms. The summed E-state index contributed by atoms with van der Waals surface area (Å²) < 4.78 is 44.1. The summed E-state index contributed by atoms with van der Waals surface area (Å²) in [4.78, 5) is 25.4. The standard InChI is InChI=1S/C28H22F3N7O/c1-16-4-5-19(8-18(16)6-7-20-13-37(3)26-24(20)25(32)33-14-34-26)27(39)36-22-9-21(28(29,30)31)10-23(11-22)38-12-17(2)35-15-38/h4-5,8-15H,1-3H3,(H,36,39)(H2,32,33,34). The number of benzene rings is 2. The lowest BCUT2D eigenvalue weighted by Crippen LogP contribution is -2.14. The van der Waals surface area contributed by atoms with Crippen LogP contribution in [-0.4, -0.2) is 30.0 Å². The number of aromatic nitrogens is 5. The average molecular weight is 530 g/mol. The second-order valence-electron chi connectivity index (χ2n) is 9.03. The van der Waals surface area contributed by atoms with Crippen LogP contribution in [0.2, 0.25) is 0 Å². The molecule has 5 rings (SSSR count). The van der Waals surface area contributed by atoms with E-state index in [1.807, 2.05) is 14.0 Å². The number of nitrogens with zero attached hydrogens (tertiary/aromatic N) is 5. The second-order valence-corrected chi connectivity index (χ2v) is 9.03. The van der Waals surface area contributed by atoms with Gasteiger partial charge in [-0.15, -0.1) is 0 Å². The quantitative estimate of drug-likeness (QED) is 0.320. The SMILES string of the molecule is Cc1cn(-c2cc(NC(=O)c3ccc(C)c(C#Cc4cn(C)c5ncnc(N)c45)c3)cc(C(F)(F)F)c2)cn1. The fourth-order valence-corrected chi connectivity index (χ4v) is 4.12. The Bertz CT molecular complexity index is 1810. The van der Waals surface area contributed by atoms with Crippen LogP contribution in [0.1, 0.15) is 38.3 Å². The van der Waals surface area contributed by atoms with Crippen molar-refractivity contribution in [2.75, 3.05) is 11.1 Å². The second kappa shape index (κ2) is 9.64. The minimum atomic E-state index is -4.60. The van der Waals surface area contributed by atoms with Gasteiger partial charge in [-0.3, -0.25) is 4.79 Å². The number of nitrogen functional groups attached to an aromatic ring is 1. The maximum Gasteiger partial charge on any atom is 0.416 e. The number of halogens is 3. The predicted molar refractivity (Wildman–Crippen MR) is 141 cm³/mol. The number of alkyl halides is 3. The minimum Gasteiger partial charge on any atom is -0.383 e. The Kier molecular flexibility index (Phi) is 6.32. The van der Waals surface area contributed by atoms with Gasteiger partial charge in [0.2, 0.25) is 0 Å². The summed E-state index contributed by atoms with van der Waals surface area (Å²) in [7, 11) is 1.82. The molecule has 196 valence electrons. The molecule has 0 atom stereocenters. The third kappa shape index (κ3) is 5.17. The number of nitrogens with two attached hydrogens (primary N) is 1. The smallest absolute Gasteiger partial charge is 0.383 e. The molecular formula is C28H22F3N7O. The van der Waals surface area contributed by atoms with Gasteiger partial charge >= 0.3 is 6.18 Å². The number of carbonyl (C=O) groups excluding carboxylic acids is 1. The molecule has 0 saturated heterocycles. The van der Waals surface area contributed by atoms with Crippen molar-refractivity contribution in [3.63, 3.8) is 0 Å². The lowest BCUT2D eigenvalue weighted by Gasteiger charge is -2.14. The fraction of sp³-hybridized carbons (Fsp3) is 0.143. The average Bonchev–Trinajstić information content (AvgIpc) is 3.46. The van der Waals surface area contributed by atoms with E-state index >= 15 is 0 Å². The van der Waals surface area contributed by atoms with Gasteiger partial charge in [0.1, 0.15) is 17.8 Å². The Morgan fingerprint density at radius 1 is 1.00 bits per heavy atom. The molecule has 0 fully saturated rings. The van der Waals surface area contributed by atoms with Crippen molar-refractivity contribution in [3.8, 4) is 17.5 Å². The molecule has 3 heterocycles. The first-order valence-corrected chi connectivity index (χ1v) is 11.7. The van der Waals surface area contributed by atoms with E-state index in [0.717, 1.165) is 17.7 Å². The third-order valence-electron chi connectivity index (χ3n) is 6.13. The van der Waals surface area contributed by atoms with E-state index < -0.39 is 17.6 Å². The predicted octanol–water partition coefficient (Wildman–Crippen LogP) is 5.02. The summed E-state index contributed by atoms with van der Waals surface area (Å²) in [6, 6.07) is 8.26. The van der Waals surface area contributed by atoms with Crippen LogP contribution in [0, 0.1) is 25.7 Å². The van der Waals surface area contributed by atoms with Crippen LogP contribution in [0.4, 0.5) is 24.7 Å². The minimum absolute atomic E-state index is 0.00406. The first-order valence-electron chi connectivity index (χ1n) is 11.7. The molecule has 0 spiro atoms. The highest BCUT2D eigenvalue weighted by molar-refractivity contribution is 6.04. The zero-order valence-corrected chi connectivity index (χ0v) is 21.1. The lowest BCUT2D eigenvalue weighted by molar-refractivity contribution is -0.137. The topological polar surface area (TPSA) is 104 Å². The van der Waals surface area contributed by atoms with E-state index in [1.165, 1.54) is 23.3 Å². The van der Waals surface area contributed by atoms with E-state index in [1.54, 1.807) is 42.1 Å². The molecule has 0 aliphatic rings. The zero-order chi connectivity index (χ0) is 27.9. The first kappa shape index (κ1) is 25.5. The summed E-state index contributed by atoms with van der Waals surface area (Å²) in [6.07, 6.45) is 1.58. The van der Waals surface area contributed by atoms with Crippen molar-refractivity contribution in [3.05, 3.63) is 95.0 Å². The van der Waals surface area contributed by atoms with Crippen LogP contribution in [-0.2, 0) is 13.2 Å². The van der Waals surface area contributed by atoms with Crippen LogP contribution in [0.15, 0.2) is 61.4 Å². The molecule has 5 aromatic rings. The molecule has 0 radical (unpaired) electrons. The summed E-state index contributed by atoms with van der Waals surface area (Å²) in [5.41, 5.74) is 8.90. The summed E-state index contributed by atoms with van der Waals surface area (Å²) >= 11 is 0. The first-order chi connectivity index (χ1) is 18.5. The molecule has 3 N–H and O–H groups in total. The van der Waals surface area contributed by atoms with Crippen molar-refractivity contribution in [1.82, 2.24) is 24.1 Å². The highest BCUT2D eigenvalue weighted by atomic mass is 19.4. The zero-order valence-electron chi connectivity index (χ0n) is 21.1. The number of hydrogen-bond acceptors (Lipinski definition) is 5. The molecule has 0 saturated carbocycles. The van der Waals surface area contributed by atoms with Crippen molar-refractivity contribution in [1.29, 1.82) is 0 Å². The highest BCUT2D eigenvalue weighted by Crippen LogP contribution is 2.33. The Labute approximate surface area is 221 Å². The highest BCUT2D eigenvalue weighted by Gasteiger charge is 2.31. The third-order valence-corrected chi connectivity index (χ3v) is 6.13. The van der Waals surface area contributed by atoms with Gasteiger partial charge in [0.15, 0.2) is 0 Å². The van der Waals surface area contributed by atoms with E-state index in [0.29, 0.717) is 33.7 Å². The summed E-state index contributed by atoms with van der Waals surface area (Å²) in [5.74, 6) is 5.88. The summed E-state index contributed by atoms with van der Waals surface area (Å²) in [6.45, 7) is 3.58. The van der Waals surface area contributed by atoms with Crippen LogP contribution in [0.25, 0.3) is 16.7 Å². The number of carbonyl (C=O) groups is 1. The van der Waals surface area contributed by atoms with Crippen LogP contribution in [0.3, 0.4) is 0 Å². The molecule has 0 aliphatic carbocycles. The fourth-order valence-electron chi connectivity index (χ4n) is 4.12. The number of aryl methyl sites for hydroxylation is 3. The maximum absolute atomic E-state index is 13.6. The van der Waals surface area contributed by atoms with Crippen molar-refractivity contribution >= 4 is 28.4 Å². The van der Waals surface area contributed by atoms with Gasteiger partial charge in [-0.1, -0.05) is 17.9 Å². The van der Waals surface area contributed by atoms with Gasteiger partial charge in [-0.2, -0.15) is 13.2 Å². The number of anilines is 2. The van der Waals surface area contributed by atoms with Gasteiger partial charge in [0, 0.05) is 41.9 Å². The van der Waals surface area contributed by atoms with E-state index in [4.69, 9.17) is 5.73 Å². The molecule has 3 aromatic heterocycles. The van der Waals surface area contributed by atoms with Gasteiger partial charge in [0.05, 0.1) is 28.5 Å². The van der Waals surface area contributed by atoms with E-state index in [9.17, 15) is 18.0 Å². The number of imidazole rings is 1. The van der Waals surface area contributed by atoms with E-state index in [2.05, 4.69) is 32.1 Å². The maximum atomic E-state index is 13.6. The Hall–Kier alpha value is -5.11. The largest absolute Gasteiger partial charge is 0.416 e. The molecule has 2 aromatic carbocycles. The number of rotatable bonds is 3. The molecule has 8 nitrogen and oxygen atoms in total. The van der Waals surface area contributed by atoms with Gasteiger partial charge in [0.25, 0.3) is 5.91 Å². The van der Waals surface area contributed by atoms with Crippen molar-refractivity contribution in [2.45, 2.75) is 20.0 Å². The lowest BCUT2D eigenvalue weighted by atomic mass is 10.0. The Morgan fingerprint density at radius 3 is 2.49 bits per heavy atom. The van der Waals surface area contributed by atoms with Gasteiger partial charge in [-0.05, 0) is 49.7 Å². The monoisotopic (exact) mass is 529 g/mol. The number of hydrogen-bond donors (Lipinski definition) is 2.